The summed E-state index contributed by atoms with van der Waals surface area (Å²) in [6, 6.07) is 18.9. The van der Waals surface area contributed by atoms with Crippen molar-refractivity contribution in [2.24, 2.45) is 0 Å². The van der Waals surface area contributed by atoms with Gasteiger partial charge in [0.25, 0.3) is 0 Å². The van der Waals surface area contributed by atoms with Crippen molar-refractivity contribution in [3.8, 4) is 11.3 Å². The van der Waals surface area contributed by atoms with Crippen LogP contribution in [0.4, 0.5) is 0 Å². The maximum atomic E-state index is 11.2. The summed E-state index contributed by atoms with van der Waals surface area (Å²) in [5.74, 6) is 0.606. The summed E-state index contributed by atoms with van der Waals surface area (Å²) in [7, 11) is 0. The quantitative estimate of drug-likeness (QED) is 0.631. The largest absolute Gasteiger partial charge is 0.423 e. The first kappa shape index (κ1) is 9.85. The Balaban J connectivity index is 2.34. The fraction of sp³-hybridized carbons (Fsp3) is 0. The minimum atomic E-state index is -0.324. The van der Waals surface area contributed by atoms with Crippen LogP contribution in [0.25, 0.3) is 22.1 Å². The maximum Gasteiger partial charge on any atom is 0.336 e. The van der Waals surface area contributed by atoms with Crippen molar-refractivity contribution >= 4 is 10.8 Å². The van der Waals surface area contributed by atoms with Crippen LogP contribution in [0.1, 0.15) is 0 Å². The first-order valence-corrected chi connectivity index (χ1v) is 5.43. The van der Waals surface area contributed by atoms with E-state index in [1.165, 1.54) is 6.07 Å². The fourth-order valence-electron chi connectivity index (χ4n) is 1.98. The molecule has 1 heterocycles. The lowest BCUT2D eigenvalue weighted by Crippen LogP contribution is -1.95. The van der Waals surface area contributed by atoms with Crippen molar-refractivity contribution in [2.45, 2.75) is 0 Å². The minimum absolute atomic E-state index is 0.324. The van der Waals surface area contributed by atoms with E-state index in [0.717, 1.165) is 16.3 Å². The first-order valence-electron chi connectivity index (χ1n) is 5.43. The van der Waals surface area contributed by atoms with Crippen molar-refractivity contribution in [1.82, 2.24) is 0 Å². The fourth-order valence-corrected chi connectivity index (χ4v) is 1.98. The van der Waals surface area contributed by atoms with Crippen molar-refractivity contribution < 1.29 is 4.42 Å². The first-order chi connectivity index (χ1) is 8.34. The zero-order valence-electron chi connectivity index (χ0n) is 9.09. The average molecular weight is 222 g/mol. The second-order valence-electron chi connectivity index (χ2n) is 3.84. The van der Waals surface area contributed by atoms with Crippen molar-refractivity contribution in [2.75, 3.05) is 0 Å². The topological polar surface area (TPSA) is 30.2 Å². The summed E-state index contributed by atoms with van der Waals surface area (Å²) in [4.78, 5) is 11.2. The molecule has 82 valence electrons. The summed E-state index contributed by atoms with van der Waals surface area (Å²) >= 11 is 0. The van der Waals surface area contributed by atoms with E-state index in [1.807, 2.05) is 48.5 Å². The Bertz CT molecular complexity index is 721. The van der Waals surface area contributed by atoms with Gasteiger partial charge in [-0.05, 0) is 16.8 Å². The van der Waals surface area contributed by atoms with Crippen LogP contribution in [-0.4, -0.2) is 0 Å². The number of fused-ring (bicyclic) bond motifs is 1. The van der Waals surface area contributed by atoms with Crippen molar-refractivity contribution in [3.05, 3.63) is 71.1 Å². The van der Waals surface area contributed by atoms with E-state index >= 15 is 0 Å². The van der Waals surface area contributed by atoms with E-state index in [2.05, 4.69) is 0 Å². The van der Waals surface area contributed by atoms with E-state index in [-0.39, 0.29) is 5.63 Å². The molecule has 0 aliphatic heterocycles. The molecule has 2 nitrogen and oxygen atoms in total. The Hall–Kier alpha value is -2.35. The van der Waals surface area contributed by atoms with Gasteiger partial charge in [-0.2, -0.15) is 0 Å². The number of benzene rings is 2. The van der Waals surface area contributed by atoms with E-state index in [0.29, 0.717) is 5.76 Å². The molecule has 0 spiro atoms. The van der Waals surface area contributed by atoms with E-state index in [4.69, 9.17) is 4.42 Å². The van der Waals surface area contributed by atoms with Gasteiger partial charge in [0.15, 0.2) is 0 Å². The summed E-state index contributed by atoms with van der Waals surface area (Å²) in [6.07, 6.45) is 0. The van der Waals surface area contributed by atoms with Gasteiger partial charge < -0.3 is 4.42 Å². The van der Waals surface area contributed by atoms with Gasteiger partial charge in [-0.1, -0.05) is 48.5 Å². The van der Waals surface area contributed by atoms with Gasteiger partial charge in [-0.15, -0.1) is 0 Å². The summed E-state index contributed by atoms with van der Waals surface area (Å²) < 4.78 is 5.22. The highest BCUT2D eigenvalue weighted by molar-refractivity contribution is 5.95. The Labute approximate surface area is 98.1 Å². The molecule has 0 saturated heterocycles. The monoisotopic (exact) mass is 222 g/mol. The minimum Gasteiger partial charge on any atom is -0.423 e. The van der Waals surface area contributed by atoms with Gasteiger partial charge in [0.2, 0.25) is 0 Å². The van der Waals surface area contributed by atoms with Crippen LogP contribution >= 0.6 is 0 Å². The molecule has 0 saturated carbocycles. The van der Waals surface area contributed by atoms with Gasteiger partial charge in [0, 0.05) is 11.6 Å². The normalized spacial score (nSPS) is 10.6. The lowest BCUT2D eigenvalue weighted by molar-refractivity contribution is 0.526. The van der Waals surface area contributed by atoms with E-state index in [9.17, 15) is 4.79 Å². The summed E-state index contributed by atoms with van der Waals surface area (Å²) in [5.41, 5.74) is 0.622. The molecule has 0 aliphatic rings. The van der Waals surface area contributed by atoms with Gasteiger partial charge in [-0.25, -0.2) is 4.79 Å². The smallest absolute Gasteiger partial charge is 0.336 e. The van der Waals surface area contributed by atoms with Gasteiger partial charge in [-0.3, -0.25) is 0 Å². The summed E-state index contributed by atoms with van der Waals surface area (Å²) in [5, 5.41) is 2.22. The van der Waals surface area contributed by atoms with Crippen LogP contribution in [0.2, 0.25) is 0 Å². The Morgan fingerprint density at radius 2 is 1.53 bits per heavy atom. The molecule has 0 unspecified atom stereocenters. The maximum absolute atomic E-state index is 11.2. The SMILES string of the molecule is O=c1cccc(-c2cccc3ccccc23)o1. The van der Waals surface area contributed by atoms with Gasteiger partial charge in [0.05, 0.1) is 0 Å². The van der Waals surface area contributed by atoms with Gasteiger partial charge in [0.1, 0.15) is 5.76 Å². The molecule has 0 bridgehead atoms. The molecule has 3 rings (SSSR count). The molecule has 1 aromatic heterocycles. The highest BCUT2D eigenvalue weighted by Crippen LogP contribution is 2.27. The predicted octanol–water partition coefficient (Wildman–Crippen LogP) is 3.46. The molecular weight excluding hydrogens is 212 g/mol. The number of hydrogen-bond acceptors (Lipinski definition) is 2. The van der Waals surface area contributed by atoms with Crippen LogP contribution < -0.4 is 5.63 Å². The van der Waals surface area contributed by atoms with Crippen LogP contribution in [0, 0.1) is 0 Å². The van der Waals surface area contributed by atoms with Crippen LogP contribution in [0.5, 0.6) is 0 Å². The third kappa shape index (κ3) is 1.74. The third-order valence-corrected chi connectivity index (χ3v) is 2.75. The number of rotatable bonds is 1. The molecule has 0 radical (unpaired) electrons. The van der Waals surface area contributed by atoms with Crippen molar-refractivity contribution in [3.63, 3.8) is 0 Å². The lowest BCUT2D eigenvalue weighted by Gasteiger charge is -2.04. The van der Waals surface area contributed by atoms with Crippen LogP contribution in [-0.2, 0) is 0 Å². The number of hydrogen-bond donors (Lipinski definition) is 0. The van der Waals surface area contributed by atoms with Crippen molar-refractivity contribution in [1.29, 1.82) is 0 Å². The van der Waals surface area contributed by atoms with E-state index in [1.54, 1.807) is 6.07 Å². The van der Waals surface area contributed by atoms with Crippen LogP contribution in [0.3, 0.4) is 0 Å². The lowest BCUT2D eigenvalue weighted by atomic mass is 10.0. The van der Waals surface area contributed by atoms with Gasteiger partial charge >= 0.3 is 5.63 Å². The highest BCUT2D eigenvalue weighted by atomic mass is 16.4. The van der Waals surface area contributed by atoms with Crippen LogP contribution in [0.15, 0.2) is 69.9 Å². The second kappa shape index (κ2) is 3.91. The molecule has 2 heteroatoms. The molecule has 0 N–H and O–H groups in total. The molecule has 0 atom stereocenters. The molecular formula is C15H10O2. The molecule has 3 aromatic rings. The Morgan fingerprint density at radius 1 is 0.765 bits per heavy atom. The third-order valence-electron chi connectivity index (χ3n) is 2.75. The zero-order chi connectivity index (χ0) is 11.7. The summed E-state index contributed by atoms with van der Waals surface area (Å²) in [6.45, 7) is 0. The molecule has 2 aromatic carbocycles. The molecule has 0 aliphatic carbocycles. The Kier molecular flexibility index (Phi) is 2.26. The highest BCUT2D eigenvalue weighted by Gasteiger charge is 2.05. The molecule has 0 amide bonds. The average Bonchev–Trinajstić information content (AvgIpc) is 2.38. The Morgan fingerprint density at radius 3 is 2.41 bits per heavy atom. The second-order valence-corrected chi connectivity index (χ2v) is 3.84. The zero-order valence-corrected chi connectivity index (χ0v) is 9.09. The molecule has 17 heavy (non-hydrogen) atoms. The van der Waals surface area contributed by atoms with E-state index < -0.39 is 0 Å². The standard InChI is InChI=1S/C15H10O2/c16-15-10-4-9-14(17-15)13-8-3-6-11-5-1-2-7-12(11)13/h1-10H. The molecule has 0 fully saturated rings. The predicted molar refractivity (Wildman–Crippen MR) is 67.9 cm³/mol.